The van der Waals surface area contributed by atoms with Gasteiger partial charge in [0.25, 0.3) is 0 Å². The van der Waals surface area contributed by atoms with Crippen molar-refractivity contribution >= 4 is 115 Å². The van der Waals surface area contributed by atoms with Gasteiger partial charge in [-0.3, -0.25) is 0 Å². The molecule has 18 heteroatoms. The zero-order valence-corrected chi connectivity index (χ0v) is 37.4. The standard InChI is InChI=1S/C16H27NO3Si.C13H19NO3.S5.S4/c1-10(2)17-16(18)20-13-9-11(3)12(4)14(19-5)15(13)21(6,7)8;1-8(2)14-13(15)17-11-6-9(3)10(4)12(7-11)16-5;1-3-5-4-2;1-3-4-2/h9-10H,1-8H3,(H,17,18);6-8H,1-5H3,(H,14,15);;. The zero-order valence-electron chi connectivity index (χ0n) is 29.0. The molecular weight excluding hydrogens is 789 g/mol. The highest BCUT2D eigenvalue weighted by molar-refractivity contribution is 8.59. The minimum Gasteiger partial charge on any atom is -0.496 e. The van der Waals surface area contributed by atoms with Crippen LogP contribution in [0.1, 0.15) is 49.9 Å². The van der Waals surface area contributed by atoms with E-state index in [4.69, 9.17) is 18.9 Å². The number of aryl methyl sites for hydroxylation is 2. The van der Waals surface area contributed by atoms with E-state index < -0.39 is 20.3 Å². The van der Waals surface area contributed by atoms with Crippen molar-refractivity contribution in [2.45, 2.75) is 87.1 Å². The molecule has 0 atom stereocenters. The van der Waals surface area contributed by atoms with Crippen molar-refractivity contribution in [2.24, 2.45) is 0 Å². The largest absolute Gasteiger partial charge is 0.496 e. The van der Waals surface area contributed by atoms with Crippen LogP contribution >= 0.6 is 0 Å². The molecule has 0 aliphatic rings. The molecule has 47 heavy (non-hydrogen) atoms. The van der Waals surface area contributed by atoms with Gasteiger partial charge >= 0.3 is 12.2 Å². The number of amides is 2. The second-order valence-corrected chi connectivity index (χ2v) is 25.1. The highest BCUT2D eigenvalue weighted by Gasteiger charge is 2.29. The average molecular weight is 835 g/mol. The van der Waals surface area contributed by atoms with Crippen molar-refractivity contribution in [2.75, 3.05) is 14.2 Å². The third-order valence-electron chi connectivity index (χ3n) is 5.83. The van der Waals surface area contributed by atoms with E-state index in [0.717, 1.165) is 38.9 Å². The van der Waals surface area contributed by atoms with Crippen molar-refractivity contribution in [3.63, 3.8) is 0 Å². The quantitative estimate of drug-likeness (QED) is 0.317. The Bertz CT molecular complexity index is 1530. The molecule has 266 valence electrons. The van der Waals surface area contributed by atoms with Crippen LogP contribution in [0.15, 0.2) is 18.2 Å². The van der Waals surface area contributed by atoms with Crippen LogP contribution in [0.4, 0.5) is 9.59 Å². The molecule has 0 heterocycles. The van der Waals surface area contributed by atoms with Gasteiger partial charge in [0.05, 0.1) is 22.3 Å². The van der Waals surface area contributed by atoms with Gasteiger partial charge < -0.3 is 29.6 Å². The molecule has 2 rings (SSSR count). The third-order valence-corrected chi connectivity index (χ3v) is 14.5. The lowest BCUT2D eigenvalue weighted by Crippen LogP contribution is -2.42. The fourth-order valence-corrected chi connectivity index (χ4v) is 8.29. The third kappa shape index (κ3) is 20.1. The van der Waals surface area contributed by atoms with Crippen LogP contribution in [0, 0.1) is 27.7 Å². The van der Waals surface area contributed by atoms with Gasteiger partial charge in [-0.25, -0.2) is 9.59 Å². The fourth-order valence-electron chi connectivity index (χ4n) is 3.72. The molecular formula is C29H46N2O6S9Si. The predicted molar refractivity (Wildman–Crippen MR) is 223 cm³/mol. The number of ether oxygens (including phenoxy) is 4. The summed E-state index contributed by atoms with van der Waals surface area (Å²) >= 11 is 17.5. The number of methoxy groups -OCH3 is 2. The lowest BCUT2D eigenvalue weighted by molar-refractivity contribution is 0.196. The van der Waals surface area contributed by atoms with Crippen molar-refractivity contribution in [1.29, 1.82) is 0 Å². The minimum atomic E-state index is -1.73. The summed E-state index contributed by atoms with van der Waals surface area (Å²) in [5.74, 6) is 2.68. The highest BCUT2D eigenvalue weighted by atomic mass is 33.3. The predicted octanol–water partition coefficient (Wildman–Crippen LogP) is 6.14. The molecule has 0 saturated carbocycles. The second kappa shape index (κ2) is 25.7. The molecule has 2 aromatic carbocycles. The van der Waals surface area contributed by atoms with Gasteiger partial charge in [-0.15, -0.1) is 0 Å². The lowest BCUT2D eigenvalue weighted by Gasteiger charge is -2.25. The van der Waals surface area contributed by atoms with Gasteiger partial charge in [0, 0.05) is 112 Å². The average Bonchev–Trinajstić information content (AvgIpc) is 2.96. The van der Waals surface area contributed by atoms with Crippen LogP contribution in [0.5, 0.6) is 23.0 Å². The number of hydrogen-bond acceptors (Lipinski definition) is 10. The molecule has 0 unspecified atom stereocenters. The summed E-state index contributed by atoms with van der Waals surface area (Å²) < 4.78 is 21.6. The number of carbonyl (C=O) groups excluding carboxylic acids is 2. The Balaban J connectivity index is 0. The van der Waals surface area contributed by atoms with Gasteiger partial charge in [-0.1, -0.05) is 19.6 Å². The molecule has 0 aromatic heterocycles. The summed E-state index contributed by atoms with van der Waals surface area (Å²) in [6, 6.07) is 5.56. The molecule has 0 spiro atoms. The Morgan fingerprint density at radius 2 is 1.15 bits per heavy atom. The van der Waals surface area contributed by atoms with Crippen molar-refractivity contribution in [3.05, 3.63) is 40.5 Å². The van der Waals surface area contributed by atoms with E-state index >= 15 is 0 Å². The fraction of sp³-hybridized carbons (Fsp3) is 0.517. The first kappa shape index (κ1) is 47.9. The van der Waals surface area contributed by atoms with E-state index in [1.54, 1.807) is 20.3 Å². The maximum atomic E-state index is 11.9. The van der Waals surface area contributed by atoms with Crippen molar-refractivity contribution in [1.82, 2.24) is 10.6 Å². The Morgan fingerprint density at radius 3 is 1.51 bits per heavy atom. The molecule has 0 aliphatic heterocycles. The van der Waals surface area contributed by atoms with E-state index in [1.165, 1.54) is 44.4 Å². The Hall–Kier alpha value is -1.22. The summed E-state index contributed by atoms with van der Waals surface area (Å²) in [6.45, 7) is 22.2. The second-order valence-electron chi connectivity index (χ2n) is 11.3. The molecule has 2 N–H and O–H groups in total. The van der Waals surface area contributed by atoms with Crippen molar-refractivity contribution < 1.29 is 28.5 Å². The van der Waals surface area contributed by atoms with Crippen LogP contribution in [0.3, 0.4) is 0 Å². The molecule has 0 fully saturated rings. The summed E-state index contributed by atoms with van der Waals surface area (Å²) in [5.41, 5.74) is 4.23. The van der Waals surface area contributed by atoms with Crippen LogP contribution < -0.4 is 34.8 Å². The molecule has 0 radical (unpaired) electrons. The van der Waals surface area contributed by atoms with Crippen molar-refractivity contribution in [3.8, 4) is 23.0 Å². The zero-order chi connectivity index (χ0) is 36.9. The number of carbonyl (C=O) groups is 2. The monoisotopic (exact) mass is 834 g/mol. The SMILES string of the molecule is COc1c(C)c(C)cc(OC(=O)NC(C)C)c1[Si](C)(C)C.COc1cc(OC(=O)NC(C)C)cc(C)c1C.S=S=S=S.S=S=S=S=S. The van der Waals surface area contributed by atoms with E-state index in [-0.39, 0.29) is 12.1 Å². The van der Waals surface area contributed by atoms with E-state index in [2.05, 4.69) is 75.0 Å². The molecule has 0 saturated heterocycles. The van der Waals surface area contributed by atoms with Crippen LogP contribution in [0.2, 0.25) is 19.6 Å². The Labute approximate surface area is 315 Å². The van der Waals surface area contributed by atoms with Gasteiger partial charge in [0.1, 0.15) is 23.0 Å². The maximum Gasteiger partial charge on any atom is 0.412 e. The van der Waals surface area contributed by atoms with Gasteiger partial charge in [-0.2, -0.15) is 0 Å². The van der Waals surface area contributed by atoms with Crippen LogP contribution in [-0.2, 0) is 89.2 Å². The van der Waals surface area contributed by atoms with E-state index in [0.29, 0.717) is 11.5 Å². The van der Waals surface area contributed by atoms with Gasteiger partial charge in [0.2, 0.25) is 0 Å². The molecule has 0 bridgehead atoms. The van der Waals surface area contributed by atoms with Crippen LogP contribution in [0.25, 0.3) is 0 Å². The number of rotatable bonds is 7. The molecule has 0 aliphatic carbocycles. The van der Waals surface area contributed by atoms with Gasteiger partial charge in [0.15, 0.2) is 0 Å². The van der Waals surface area contributed by atoms with Crippen LogP contribution in [-0.4, -0.2) is 46.6 Å². The summed E-state index contributed by atoms with van der Waals surface area (Å²) in [5, 5.41) is 6.46. The maximum absolute atomic E-state index is 11.9. The summed E-state index contributed by atoms with van der Waals surface area (Å²) in [6.07, 6.45) is -0.875. The summed E-state index contributed by atoms with van der Waals surface area (Å²) in [7, 11) is 7.82. The normalized spacial score (nSPS) is 9.85. The molecule has 2 aromatic rings. The van der Waals surface area contributed by atoms with Gasteiger partial charge in [-0.05, 0) is 89.8 Å². The minimum absolute atomic E-state index is 0.0428. The number of nitrogens with one attached hydrogen (secondary N) is 2. The Kier molecular flexibility index (Phi) is 26.2. The first-order chi connectivity index (χ1) is 21.8. The summed E-state index contributed by atoms with van der Waals surface area (Å²) in [4.78, 5) is 23.4. The topological polar surface area (TPSA) is 95.1 Å². The Morgan fingerprint density at radius 1 is 0.681 bits per heavy atom. The van der Waals surface area contributed by atoms with E-state index in [1.807, 2.05) is 67.5 Å². The highest BCUT2D eigenvalue weighted by Crippen LogP contribution is 2.30. The molecule has 2 amide bonds. The first-order valence-corrected chi connectivity index (χ1v) is 26.8. The molecule has 8 nitrogen and oxygen atoms in total. The lowest BCUT2D eigenvalue weighted by atomic mass is 10.1. The first-order valence-electron chi connectivity index (χ1n) is 14.0. The number of hydrogen-bond donors (Lipinski definition) is 2. The smallest absolute Gasteiger partial charge is 0.412 e. The number of benzene rings is 2. The van der Waals surface area contributed by atoms with E-state index in [9.17, 15) is 9.59 Å².